The highest BCUT2D eigenvalue weighted by atomic mass is 32.1. The van der Waals surface area contributed by atoms with Gasteiger partial charge in [0.25, 0.3) is 5.91 Å². The first-order chi connectivity index (χ1) is 7.43. The van der Waals surface area contributed by atoms with Crippen molar-refractivity contribution in [3.8, 4) is 0 Å². The Morgan fingerprint density at radius 3 is 2.44 bits per heavy atom. The van der Waals surface area contributed by atoms with E-state index in [2.05, 4.69) is 4.98 Å². The molecule has 0 saturated carbocycles. The first kappa shape index (κ1) is 10.9. The van der Waals surface area contributed by atoms with Crippen molar-refractivity contribution < 1.29 is 4.79 Å². The molecule has 0 fully saturated rings. The molecule has 1 amide bonds. The van der Waals surface area contributed by atoms with Gasteiger partial charge in [-0.25, -0.2) is 4.98 Å². The predicted molar refractivity (Wildman–Crippen MR) is 66.8 cm³/mol. The molecule has 2 heterocycles. The lowest BCUT2D eigenvalue weighted by atomic mass is 10.1. The molecule has 84 valence electrons. The number of amides is 1. The average Bonchev–Trinajstić information content (AvgIpc) is 2.52. The van der Waals surface area contributed by atoms with Gasteiger partial charge in [0.15, 0.2) is 0 Å². The van der Waals surface area contributed by atoms with Crippen LogP contribution in [0.3, 0.4) is 0 Å². The minimum absolute atomic E-state index is 0.399. The lowest BCUT2D eigenvalue weighted by Crippen LogP contribution is -2.10. The fraction of sp³-hybridized carbons (Fsp3) is 0.273. The second kappa shape index (κ2) is 3.45. The largest absolute Gasteiger partial charge is 0.397 e. The summed E-state index contributed by atoms with van der Waals surface area (Å²) in [6, 6.07) is 0. The number of aromatic nitrogens is 1. The number of rotatable bonds is 1. The van der Waals surface area contributed by atoms with Crippen LogP contribution in [0, 0.1) is 20.8 Å². The Morgan fingerprint density at radius 1 is 1.25 bits per heavy atom. The summed E-state index contributed by atoms with van der Waals surface area (Å²) in [5, 5.41) is 0.863. The van der Waals surface area contributed by atoms with Gasteiger partial charge in [-0.15, -0.1) is 11.3 Å². The maximum Gasteiger partial charge on any atom is 0.260 e. The highest BCUT2D eigenvalue weighted by molar-refractivity contribution is 7.21. The van der Waals surface area contributed by atoms with Crippen molar-refractivity contribution in [3.63, 3.8) is 0 Å². The van der Waals surface area contributed by atoms with Crippen molar-refractivity contribution in [2.75, 3.05) is 5.73 Å². The summed E-state index contributed by atoms with van der Waals surface area (Å²) in [4.78, 5) is 16.8. The third-order valence-corrected chi connectivity index (χ3v) is 4.01. The molecule has 4 nitrogen and oxygen atoms in total. The van der Waals surface area contributed by atoms with Gasteiger partial charge in [-0.3, -0.25) is 4.79 Å². The number of pyridine rings is 1. The molecule has 0 saturated heterocycles. The first-order valence-corrected chi connectivity index (χ1v) is 5.70. The normalized spacial score (nSPS) is 10.9. The minimum Gasteiger partial charge on any atom is -0.397 e. The molecule has 0 atom stereocenters. The van der Waals surface area contributed by atoms with Gasteiger partial charge in [-0.1, -0.05) is 0 Å². The number of fused-ring (bicyclic) bond motifs is 1. The number of nitrogens with zero attached hydrogens (tertiary/aromatic N) is 1. The van der Waals surface area contributed by atoms with Gasteiger partial charge >= 0.3 is 0 Å². The second-order valence-corrected chi connectivity index (χ2v) is 4.84. The summed E-state index contributed by atoms with van der Waals surface area (Å²) in [6.07, 6.45) is 0. The Balaban J connectivity index is 2.93. The van der Waals surface area contributed by atoms with E-state index in [4.69, 9.17) is 11.5 Å². The number of aryl methyl sites for hydroxylation is 2. The summed E-state index contributed by atoms with van der Waals surface area (Å²) in [5.41, 5.74) is 14.8. The van der Waals surface area contributed by atoms with Crippen LogP contribution in [0.25, 0.3) is 10.2 Å². The molecule has 0 radical (unpaired) electrons. The molecule has 2 rings (SSSR count). The molecular formula is C11H13N3OS. The van der Waals surface area contributed by atoms with Crippen LogP contribution < -0.4 is 11.5 Å². The van der Waals surface area contributed by atoms with Gasteiger partial charge in [0.05, 0.1) is 5.69 Å². The van der Waals surface area contributed by atoms with Crippen molar-refractivity contribution in [2.45, 2.75) is 20.8 Å². The number of carbonyl (C=O) groups excluding carboxylic acids is 1. The summed E-state index contributed by atoms with van der Waals surface area (Å²) in [5.74, 6) is -0.491. The highest BCUT2D eigenvalue weighted by Gasteiger charge is 2.18. The van der Waals surface area contributed by atoms with Crippen LogP contribution in [0.15, 0.2) is 0 Å². The molecule has 5 heteroatoms. The van der Waals surface area contributed by atoms with E-state index < -0.39 is 5.91 Å². The lowest BCUT2D eigenvalue weighted by molar-refractivity contribution is 0.100. The summed E-state index contributed by atoms with van der Waals surface area (Å²) < 4.78 is 0. The molecule has 0 aliphatic rings. The maximum atomic E-state index is 11.2. The minimum atomic E-state index is -0.491. The quantitative estimate of drug-likeness (QED) is 0.792. The summed E-state index contributed by atoms with van der Waals surface area (Å²) in [6.45, 7) is 5.93. The zero-order valence-electron chi connectivity index (χ0n) is 9.42. The maximum absolute atomic E-state index is 11.2. The van der Waals surface area contributed by atoms with Gasteiger partial charge in [-0.05, 0) is 31.9 Å². The first-order valence-electron chi connectivity index (χ1n) is 4.89. The molecule has 0 spiro atoms. The Hall–Kier alpha value is -1.62. The Kier molecular flexibility index (Phi) is 2.35. The molecule has 16 heavy (non-hydrogen) atoms. The monoisotopic (exact) mass is 235 g/mol. The van der Waals surface area contributed by atoms with Gasteiger partial charge < -0.3 is 11.5 Å². The summed E-state index contributed by atoms with van der Waals surface area (Å²) >= 11 is 1.26. The van der Waals surface area contributed by atoms with E-state index in [0.717, 1.165) is 27.0 Å². The SMILES string of the molecule is Cc1nc2sc(C(N)=O)c(N)c2c(C)c1C. The van der Waals surface area contributed by atoms with E-state index in [1.54, 1.807) is 0 Å². The average molecular weight is 235 g/mol. The molecule has 2 aromatic heterocycles. The van der Waals surface area contributed by atoms with Gasteiger partial charge in [0.2, 0.25) is 0 Å². The van der Waals surface area contributed by atoms with Crippen molar-refractivity contribution in [1.82, 2.24) is 4.98 Å². The van der Waals surface area contributed by atoms with Crippen LogP contribution >= 0.6 is 11.3 Å². The fourth-order valence-corrected chi connectivity index (χ4v) is 2.80. The van der Waals surface area contributed by atoms with Crippen LogP contribution in [0.2, 0.25) is 0 Å². The second-order valence-electron chi connectivity index (χ2n) is 3.84. The van der Waals surface area contributed by atoms with Crippen LogP contribution in [-0.4, -0.2) is 10.9 Å². The molecule has 2 aromatic rings. The highest BCUT2D eigenvalue weighted by Crippen LogP contribution is 2.35. The Labute approximate surface area is 97.3 Å². The summed E-state index contributed by atoms with van der Waals surface area (Å²) in [7, 11) is 0. The van der Waals surface area contributed by atoms with E-state index in [-0.39, 0.29) is 0 Å². The number of nitrogens with two attached hydrogens (primary N) is 2. The van der Waals surface area contributed by atoms with Crippen LogP contribution in [0.1, 0.15) is 26.5 Å². The Bertz CT molecular complexity index is 601. The van der Waals surface area contributed by atoms with Gasteiger partial charge in [-0.2, -0.15) is 0 Å². The number of thiophene rings is 1. The third kappa shape index (κ3) is 1.36. The van der Waals surface area contributed by atoms with Crippen molar-refractivity contribution in [2.24, 2.45) is 5.73 Å². The van der Waals surface area contributed by atoms with Gasteiger partial charge in [0, 0.05) is 11.1 Å². The predicted octanol–water partition coefficient (Wildman–Crippen LogP) is 1.90. The van der Waals surface area contributed by atoms with Crippen molar-refractivity contribution in [3.05, 3.63) is 21.7 Å². The number of hydrogen-bond acceptors (Lipinski definition) is 4. The number of anilines is 1. The Morgan fingerprint density at radius 2 is 1.88 bits per heavy atom. The van der Waals surface area contributed by atoms with Crippen LogP contribution in [-0.2, 0) is 0 Å². The lowest BCUT2D eigenvalue weighted by Gasteiger charge is -2.05. The fourth-order valence-electron chi connectivity index (χ4n) is 1.75. The van der Waals surface area contributed by atoms with E-state index >= 15 is 0 Å². The number of hydrogen-bond donors (Lipinski definition) is 2. The van der Waals surface area contributed by atoms with Crippen LogP contribution in [0.4, 0.5) is 5.69 Å². The molecule has 0 aliphatic carbocycles. The molecule has 0 unspecified atom stereocenters. The molecule has 4 N–H and O–H groups in total. The van der Waals surface area contributed by atoms with Crippen molar-refractivity contribution in [1.29, 1.82) is 0 Å². The zero-order chi connectivity index (χ0) is 12.0. The molecule has 0 aromatic carbocycles. The third-order valence-electron chi connectivity index (χ3n) is 2.90. The molecule has 0 aliphatic heterocycles. The number of nitrogen functional groups attached to an aromatic ring is 1. The van der Waals surface area contributed by atoms with E-state index in [0.29, 0.717) is 10.6 Å². The standard InChI is InChI=1S/C11H13N3OS/c1-4-5(2)7-8(12)9(10(13)15)16-11(7)14-6(4)3/h12H2,1-3H3,(H2,13,15). The smallest absolute Gasteiger partial charge is 0.260 e. The topological polar surface area (TPSA) is 82.0 Å². The number of carbonyl (C=O) groups is 1. The zero-order valence-corrected chi connectivity index (χ0v) is 10.2. The van der Waals surface area contributed by atoms with Gasteiger partial charge in [0.1, 0.15) is 9.71 Å². The van der Waals surface area contributed by atoms with Crippen molar-refractivity contribution >= 4 is 33.1 Å². The molecular weight excluding hydrogens is 222 g/mol. The molecule has 0 bridgehead atoms. The van der Waals surface area contributed by atoms with Crippen LogP contribution in [0.5, 0.6) is 0 Å². The van der Waals surface area contributed by atoms with E-state index in [1.807, 2.05) is 20.8 Å². The van der Waals surface area contributed by atoms with E-state index in [9.17, 15) is 4.79 Å². The number of primary amides is 1. The van der Waals surface area contributed by atoms with E-state index in [1.165, 1.54) is 11.3 Å².